The molecule has 0 unspecified atom stereocenters. The molecule has 20 heavy (non-hydrogen) atoms. The minimum atomic E-state index is -0.411. The van der Waals surface area contributed by atoms with E-state index in [0.717, 1.165) is 16.8 Å². The number of carbonyl (C=O) groups excluding carboxylic acids is 1. The summed E-state index contributed by atoms with van der Waals surface area (Å²) in [6.45, 7) is 0. The summed E-state index contributed by atoms with van der Waals surface area (Å²) in [7, 11) is 1.34. The third-order valence-corrected chi connectivity index (χ3v) is 2.84. The number of carbonyl (C=O) groups is 1. The number of fused-ring (bicyclic) bond motifs is 1. The van der Waals surface area contributed by atoms with E-state index in [9.17, 15) is 4.79 Å². The van der Waals surface area contributed by atoms with Crippen LogP contribution >= 0.6 is 0 Å². The molecule has 0 radical (unpaired) electrons. The van der Waals surface area contributed by atoms with Crippen LogP contribution in [-0.4, -0.2) is 28.0 Å². The fourth-order valence-corrected chi connectivity index (χ4v) is 1.91. The maximum atomic E-state index is 11.5. The standard InChI is InChI=1S/C14H12N4O2/c1-20-14(19)12-7-9-6-11(8-16-13(9)18-12)17-10-2-4-15-5-3-10/h2-8H,1H3,(H,15,17)(H,16,18). The average molecular weight is 268 g/mol. The Labute approximate surface area is 114 Å². The Morgan fingerprint density at radius 3 is 2.80 bits per heavy atom. The van der Waals surface area contributed by atoms with Crippen molar-refractivity contribution in [2.75, 3.05) is 12.4 Å². The predicted octanol–water partition coefficient (Wildman–Crippen LogP) is 2.49. The van der Waals surface area contributed by atoms with Gasteiger partial charge in [0, 0.05) is 23.5 Å². The molecule has 3 heterocycles. The number of anilines is 2. The van der Waals surface area contributed by atoms with Gasteiger partial charge in [0.2, 0.25) is 0 Å². The molecule has 3 rings (SSSR count). The number of aromatic nitrogens is 3. The van der Waals surface area contributed by atoms with Crippen LogP contribution in [0.4, 0.5) is 11.4 Å². The molecule has 3 aromatic heterocycles. The number of aromatic amines is 1. The van der Waals surface area contributed by atoms with Crippen molar-refractivity contribution in [3.8, 4) is 0 Å². The van der Waals surface area contributed by atoms with Crippen LogP contribution in [0.1, 0.15) is 10.5 Å². The van der Waals surface area contributed by atoms with Gasteiger partial charge in [-0.05, 0) is 24.3 Å². The maximum Gasteiger partial charge on any atom is 0.354 e. The van der Waals surface area contributed by atoms with Crippen LogP contribution in [0.2, 0.25) is 0 Å². The van der Waals surface area contributed by atoms with Crippen molar-refractivity contribution in [3.63, 3.8) is 0 Å². The summed E-state index contributed by atoms with van der Waals surface area (Å²) in [6, 6.07) is 7.35. The molecule has 3 aromatic rings. The van der Waals surface area contributed by atoms with Gasteiger partial charge >= 0.3 is 5.97 Å². The van der Waals surface area contributed by atoms with Crippen LogP contribution in [0.15, 0.2) is 42.9 Å². The summed E-state index contributed by atoms with van der Waals surface area (Å²) < 4.78 is 4.67. The van der Waals surface area contributed by atoms with Gasteiger partial charge in [0.25, 0.3) is 0 Å². The van der Waals surface area contributed by atoms with E-state index in [0.29, 0.717) is 11.3 Å². The van der Waals surface area contributed by atoms with E-state index in [-0.39, 0.29) is 0 Å². The van der Waals surface area contributed by atoms with Crippen molar-refractivity contribution in [2.45, 2.75) is 0 Å². The smallest absolute Gasteiger partial charge is 0.354 e. The summed E-state index contributed by atoms with van der Waals surface area (Å²) in [5, 5.41) is 4.05. The normalized spacial score (nSPS) is 10.4. The molecule has 100 valence electrons. The molecular formula is C14H12N4O2. The number of rotatable bonds is 3. The van der Waals surface area contributed by atoms with Gasteiger partial charge in [0.15, 0.2) is 0 Å². The van der Waals surface area contributed by atoms with E-state index < -0.39 is 5.97 Å². The van der Waals surface area contributed by atoms with Crippen molar-refractivity contribution in [1.82, 2.24) is 15.0 Å². The van der Waals surface area contributed by atoms with Crippen molar-refractivity contribution in [1.29, 1.82) is 0 Å². The predicted molar refractivity (Wildman–Crippen MR) is 75.0 cm³/mol. The van der Waals surface area contributed by atoms with Crippen molar-refractivity contribution in [3.05, 3.63) is 48.5 Å². The fourth-order valence-electron chi connectivity index (χ4n) is 1.91. The highest BCUT2D eigenvalue weighted by Gasteiger charge is 2.10. The summed E-state index contributed by atoms with van der Waals surface area (Å²) >= 11 is 0. The number of ether oxygens (including phenoxy) is 1. The number of hydrogen-bond acceptors (Lipinski definition) is 5. The average Bonchev–Trinajstić information content (AvgIpc) is 2.90. The van der Waals surface area contributed by atoms with Crippen LogP contribution in [0, 0.1) is 0 Å². The summed E-state index contributed by atoms with van der Waals surface area (Å²) in [4.78, 5) is 22.6. The van der Waals surface area contributed by atoms with Crippen LogP contribution in [0.5, 0.6) is 0 Å². The van der Waals surface area contributed by atoms with E-state index in [4.69, 9.17) is 0 Å². The summed E-state index contributed by atoms with van der Waals surface area (Å²) in [5.74, 6) is -0.411. The second-order valence-corrected chi connectivity index (χ2v) is 4.20. The van der Waals surface area contributed by atoms with Gasteiger partial charge in [0.1, 0.15) is 11.3 Å². The fraction of sp³-hybridized carbons (Fsp3) is 0.0714. The Balaban J connectivity index is 1.92. The Morgan fingerprint density at radius 2 is 2.05 bits per heavy atom. The van der Waals surface area contributed by atoms with Gasteiger partial charge < -0.3 is 15.0 Å². The van der Waals surface area contributed by atoms with Gasteiger partial charge in [-0.1, -0.05) is 0 Å². The molecule has 0 atom stereocenters. The van der Waals surface area contributed by atoms with Crippen LogP contribution < -0.4 is 5.32 Å². The second-order valence-electron chi connectivity index (χ2n) is 4.20. The molecule has 0 aliphatic heterocycles. The highest BCUT2D eigenvalue weighted by molar-refractivity contribution is 5.94. The van der Waals surface area contributed by atoms with E-state index in [2.05, 4.69) is 25.0 Å². The first-order valence-corrected chi connectivity index (χ1v) is 6.00. The van der Waals surface area contributed by atoms with E-state index in [1.165, 1.54) is 7.11 Å². The monoisotopic (exact) mass is 268 g/mol. The van der Waals surface area contributed by atoms with Crippen molar-refractivity contribution >= 4 is 28.4 Å². The maximum absolute atomic E-state index is 11.5. The number of H-pyrrole nitrogens is 1. The molecular weight excluding hydrogens is 256 g/mol. The molecule has 0 aliphatic carbocycles. The zero-order valence-corrected chi connectivity index (χ0v) is 10.8. The summed E-state index contributed by atoms with van der Waals surface area (Å²) in [5.41, 5.74) is 2.78. The Hall–Kier alpha value is -2.89. The minimum Gasteiger partial charge on any atom is -0.464 e. The molecule has 0 amide bonds. The largest absolute Gasteiger partial charge is 0.464 e. The molecule has 2 N–H and O–H groups in total. The van der Waals surface area contributed by atoms with E-state index in [1.807, 2.05) is 18.2 Å². The lowest BCUT2D eigenvalue weighted by Crippen LogP contribution is -2.00. The second kappa shape index (κ2) is 5.00. The zero-order valence-electron chi connectivity index (χ0n) is 10.8. The highest BCUT2D eigenvalue weighted by Crippen LogP contribution is 2.21. The molecule has 0 fully saturated rings. The zero-order chi connectivity index (χ0) is 13.9. The Bertz CT molecular complexity index is 752. The Kier molecular flexibility index (Phi) is 3.04. The van der Waals surface area contributed by atoms with Gasteiger partial charge in [0.05, 0.1) is 19.0 Å². The Morgan fingerprint density at radius 1 is 1.25 bits per heavy atom. The van der Waals surface area contributed by atoms with Crippen LogP contribution in [0.25, 0.3) is 11.0 Å². The third kappa shape index (κ3) is 2.31. The number of methoxy groups -OCH3 is 1. The molecule has 0 aliphatic rings. The number of pyridine rings is 2. The van der Waals surface area contributed by atoms with E-state index in [1.54, 1.807) is 24.7 Å². The van der Waals surface area contributed by atoms with Gasteiger partial charge in [-0.25, -0.2) is 9.78 Å². The number of nitrogens with zero attached hydrogens (tertiary/aromatic N) is 2. The van der Waals surface area contributed by atoms with Crippen molar-refractivity contribution in [2.24, 2.45) is 0 Å². The lowest BCUT2D eigenvalue weighted by atomic mass is 10.3. The molecule has 0 spiro atoms. The minimum absolute atomic E-state index is 0.385. The van der Waals surface area contributed by atoms with Gasteiger partial charge in [-0.2, -0.15) is 0 Å². The number of hydrogen-bond donors (Lipinski definition) is 2. The van der Waals surface area contributed by atoms with Crippen LogP contribution in [0.3, 0.4) is 0 Å². The molecule has 0 aromatic carbocycles. The molecule has 0 saturated heterocycles. The van der Waals surface area contributed by atoms with Gasteiger partial charge in [-0.15, -0.1) is 0 Å². The lowest BCUT2D eigenvalue weighted by molar-refractivity contribution is 0.0595. The SMILES string of the molecule is COC(=O)c1cc2cc(Nc3ccncc3)cnc2[nH]1. The first-order valence-electron chi connectivity index (χ1n) is 6.00. The van der Waals surface area contributed by atoms with Crippen LogP contribution in [-0.2, 0) is 4.74 Å². The van der Waals surface area contributed by atoms with Crippen molar-refractivity contribution < 1.29 is 9.53 Å². The highest BCUT2D eigenvalue weighted by atomic mass is 16.5. The lowest BCUT2D eigenvalue weighted by Gasteiger charge is -2.04. The quantitative estimate of drug-likeness (QED) is 0.713. The molecule has 0 saturated carbocycles. The summed E-state index contributed by atoms with van der Waals surface area (Å²) in [6.07, 6.45) is 5.11. The van der Waals surface area contributed by atoms with E-state index >= 15 is 0 Å². The molecule has 6 nitrogen and oxygen atoms in total. The first-order chi connectivity index (χ1) is 9.76. The number of esters is 1. The third-order valence-electron chi connectivity index (χ3n) is 2.84. The molecule has 0 bridgehead atoms. The number of nitrogens with one attached hydrogen (secondary N) is 2. The topological polar surface area (TPSA) is 79.9 Å². The van der Waals surface area contributed by atoms with Gasteiger partial charge in [-0.3, -0.25) is 4.98 Å². The first kappa shape index (κ1) is 12.2. The molecule has 6 heteroatoms.